The van der Waals surface area contributed by atoms with Gasteiger partial charge in [0.2, 0.25) is 0 Å². The van der Waals surface area contributed by atoms with E-state index in [2.05, 4.69) is 32.1 Å². The number of likely N-dealkylation sites (tertiary alicyclic amines) is 1. The fraction of sp³-hybridized carbons (Fsp3) is 0.435. The quantitative estimate of drug-likeness (QED) is 0.660. The van der Waals surface area contributed by atoms with Crippen LogP contribution in [0, 0.1) is 17.2 Å². The lowest BCUT2D eigenvalue weighted by Gasteiger charge is -2.43. The summed E-state index contributed by atoms with van der Waals surface area (Å²) in [5.41, 5.74) is 4.71. The van der Waals surface area contributed by atoms with Crippen molar-refractivity contribution in [2.75, 3.05) is 20.1 Å². The molecule has 3 aromatic rings. The van der Waals surface area contributed by atoms with Crippen molar-refractivity contribution in [3.8, 4) is 6.07 Å². The monoisotopic (exact) mass is 418 g/mol. The van der Waals surface area contributed by atoms with Crippen molar-refractivity contribution in [1.29, 1.82) is 5.26 Å². The van der Waals surface area contributed by atoms with Crippen molar-refractivity contribution in [3.05, 3.63) is 75.3 Å². The summed E-state index contributed by atoms with van der Waals surface area (Å²) in [7, 11) is 1.99. The molecule has 8 nitrogen and oxygen atoms in total. The molecule has 0 saturated carbocycles. The molecule has 5 heterocycles. The largest absolute Gasteiger partial charge is 0.364 e. The zero-order chi connectivity index (χ0) is 21.4. The summed E-state index contributed by atoms with van der Waals surface area (Å²) in [5, 5.41) is 13.0. The second kappa shape index (κ2) is 8.17. The first-order chi connectivity index (χ1) is 15.1. The Balaban J connectivity index is 1.30. The van der Waals surface area contributed by atoms with E-state index in [0.29, 0.717) is 30.6 Å². The zero-order valence-corrected chi connectivity index (χ0v) is 17.6. The van der Waals surface area contributed by atoms with Crippen LogP contribution >= 0.6 is 0 Å². The summed E-state index contributed by atoms with van der Waals surface area (Å²) in [6.07, 6.45) is 4.62. The third kappa shape index (κ3) is 4.07. The molecule has 0 aliphatic carbocycles. The first kappa shape index (κ1) is 19.8. The molecule has 1 saturated heterocycles. The average Bonchev–Trinajstić information content (AvgIpc) is 3.42. The smallest absolute Gasteiger partial charge is 0.255 e. The lowest BCUT2D eigenvalue weighted by molar-refractivity contribution is 0.114. The van der Waals surface area contributed by atoms with Gasteiger partial charge in [0.25, 0.3) is 5.56 Å². The average molecular weight is 419 g/mol. The minimum Gasteiger partial charge on any atom is -0.364 e. The standard InChI is InChI=1S/C23H26N6O2/c1-27(15-20-4-5-31-26-20)13-18-2-3-22-19-6-17(12-29(22)23(18)30)11-28(14-19)10-16-7-21(8-24)25-9-16/h2-5,7,9,17,19,25H,6,10-15H2,1H3/t17-,19+/m0/s1. The highest BCUT2D eigenvalue weighted by atomic mass is 16.5. The Bertz CT molecular complexity index is 1160. The molecule has 2 bridgehead atoms. The molecule has 2 aliphatic rings. The Kier molecular flexibility index (Phi) is 5.22. The van der Waals surface area contributed by atoms with Gasteiger partial charge in [0.1, 0.15) is 18.0 Å². The molecule has 0 aromatic carbocycles. The Morgan fingerprint density at radius 3 is 2.97 bits per heavy atom. The van der Waals surface area contributed by atoms with Crippen LogP contribution in [0.4, 0.5) is 0 Å². The fourth-order valence-electron chi connectivity index (χ4n) is 5.14. The molecule has 3 aromatic heterocycles. The third-order valence-corrected chi connectivity index (χ3v) is 6.39. The summed E-state index contributed by atoms with van der Waals surface area (Å²) in [5.74, 6) is 0.845. The van der Waals surface area contributed by atoms with Gasteiger partial charge in [-0.15, -0.1) is 0 Å². The van der Waals surface area contributed by atoms with Gasteiger partial charge >= 0.3 is 0 Å². The van der Waals surface area contributed by atoms with E-state index >= 15 is 0 Å². The lowest BCUT2D eigenvalue weighted by atomic mass is 9.83. The highest BCUT2D eigenvalue weighted by Gasteiger charge is 2.35. The van der Waals surface area contributed by atoms with E-state index < -0.39 is 0 Å². The Hall–Kier alpha value is -3.15. The molecule has 5 rings (SSSR count). The Morgan fingerprint density at radius 2 is 2.19 bits per heavy atom. The SMILES string of the molecule is CN(Cc1ccon1)Cc1ccc2n(c1=O)C[C@H]1C[C@@H]2CN(Cc2c[nH]c(C#N)c2)C1. The van der Waals surface area contributed by atoms with E-state index in [-0.39, 0.29) is 5.56 Å². The van der Waals surface area contributed by atoms with Crippen molar-refractivity contribution in [1.82, 2.24) is 24.5 Å². The summed E-state index contributed by atoms with van der Waals surface area (Å²) in [4.78, 5) is 20.8. The van der Waals surface area contributed by atoms with Crippen LogP contribution in [0.1, 0.15) is 40.5 Å². The maximum atomic E-state index is 13.2. The van der Waals surface area contributed by atoms with Crippen LogP contribution in [-0.2, 0) is 26.2 Å². The topological polar surface area (TPSA) is 94.1 Å². The molecule has 2 aliphatic heterocycles. The van der Waals surface area contributed by atoms with E-state index in [1.54, 1.807) is 6.26 Å². The number of nitrogens with one attached hydrogen (secondary N) is 1. The van der Waals surface area contributed by atoms with E-state index in [0.717, 1.165) is 55.1 Å². The maximum Gasteiger partial charge on any atom is 0.255 e. The van der Waals surface area contributed by atoms with Crippen molar-refractivity contribution < 1.29 is 4.52 Å². The van der Waals surface area contributed by atoms with Crippen molar-refractivity contribution >= 4 is 0 Å². The predicted octanol–water partition coefficient (Wildman–Crippen LogP) is 2.29. The van der Waals surface area contributed by atoms with Crippen LogP contribution in [-0.4, -0.2) is 44.6 Å². The molecule has 0 unspecified atom stereocenters. The molecular formula is C23H26N6O2. The zero-order valence-electron chi connectivity index (χ0n) is 17.6. The minimum absolute atomic E-state index is 0.136. The van der Waals surface area contributed by atoms with Crippen molar-refractivity contribution in [3.63, 3.8) is 0 Å². The van der Waals surface area contributed by atoms with Gasteiger partial charge in [-0.2, -0.15) is 5.26 Å². The van der Waals surface area contributed by atoms with Crippen molar-refractivity contribution in [2.45, 2.75) is 38.5 Å². The number of H-pyrrole nitrogens is 1. The molecule has 2 atom stereocenters. The van der Waals surface area contributed by atoms with E-state index in [1.165, 1.54) is 0 Å². The molecular weight excluding hydrogens is 392 g/mol. The number of pyridine rings is 1. The van der Waals surface area contributed by atoms with Crippen LogP contribution in [0.15, 0.2) is 46.0 Å². The van der Waals surface area contributed by atoms with Gasteiger partial charge < -0.3 is 14.1 Å². The highest BCUT2D eigenvalue weighted by molar-refractivity contribution is 5.27. The molecule has 160 valence electrons. The van der Waals surface area contributed by atoms with Gasteiger partial charge in [0.05, 0.1) is 5.69 Å². The van der Waals surface area contributed by atoms with Gasteiger partial charge in [0.15, 0.2) is 0 Å². The normalized spacial score (nSPS) is 20.5. The number of fused-ring (bicyclic) bond motifs is 4. The molecule has 31 heavy (non-hydrogen) atoms. The molecule has 0 radical (unpaired) electrons. The van der Waals surface area contributed by atoms with E-state index in [4.69, 9.17) is 9.78 Å². The number of piperidine rings is 1. The molecule has 1 N–H and O–H groups in total. The highest BCUT2D eigenvalue weighted by Crippen LogP contribution is 2.35. The number of rotatable bonds is 6. The number of aromatic nitrogens is 3. The maximum absolute atomic E-state index is 13.2. The minimum atomic E-state index is 0.136. The predicted molar refractivity (Wildman–Crippen MR) is 114 cm³/mol. The van der Waals surface area contributed by atoms with Gasteiger partial charge in [-0.3, -0.25) is 14.6 Å². The van der Waals surface area contributed by atoms with E-state index in [1.807, 2.05) is 36.0 Å². The van der Waals surface area contributed by atoms with Crippen LogP contribution in [0.2, 0.25) is 0 Å². The first-order valence-corrected chi connectivity index (χ1v) is 10.7. The van der Waals surface area contributed by atoms with Crippen molar-refractivity contribution in [2.24, 2.45) is 5.92 Å². The lowest BCUT2D eigenvalue weighted by Crippen LogP contribution is -2.47. The molecule has 0 spiro atoms. The molecule has 8 heteroatoms. The second-order valence-corrected chi connectivity index (χ2v) is 8.89. The number of hydrogen-bond donors (Lipinski definition) is 1. The number of nitriles is 1. The summed E-state index contributed by atoms with van der Waals surface area (Å²) < 4.78 is 6.91. The van der Waals surface area contributed by atoms with Gasteiger partial charge in [-0.1, -0.05) is 11.2 Å². The Morgan fingerprint density at radius 1 is 1.29 bits per heavy atom. The number of nitrogens with zero attached hydrogens (tertiary/aromatic N) is 5. The second-order valence-electron chi connectivity index (χ2n) is 8.89. The van der Waals surface area contributed by atoms with Crippen LogP contribution < -0.4 is 5.56 Å². The van der Waals surface area contributed by atoms with Gasteiger partial charge in [0, 0.05) is 68.7 Å². The number of hydrogen-bond acceptors (Lipinski definition) is 6. The fourth-order valence-corrected chi connectivity index (χ4v) is 5.14. The summed E-state index contributed by atoms with van der Waals surface area (Å²) >= 11 is 0. The van der Waals surface area contributed by atoms with Gasteiger partial charge in [-0.25, -0.2) is 0 Å². The van der Waals surface area contributed by atoms with Crippen LogP contribution in [0.3, 0.4) is 0 Å². The first-order valence-electron chi connectivity index (χ1n) is 10.7. The van der Waals surface area contributed by atoms with Crippen LogP contribution in [0.25, 0.3) is 0 Å². The molecule has 1 fully saturated rings. The summed E-state index contributed by atoms with van der Waals surface area (Å²) in [6.45, 7) is 4.76. The van der Waals surface area contributed by atoms with E-state index in [9.17, 15) is 4.79 Å². The van der Waals surface area contributed by atoms with Crippen LogP contribution in [0.5, 0.6) is 0 Å². The Labute approximate surface area is 180 Å². The number of aromatic amines is 1. The molecule has 0 amide bonds. The van der Waals surface area contributed by atoms with Gasteiger partial charge in [-0.05, 0) is 37.1 Å². The summed E-state index contributed by atoms with van der Waals surface area (Å²) in [6, 6.07) is 10.1. The third-order valence-electron chi connectivity index (χ3n) is 6.39.